The van der Waals surface area contributed by atoms with E-state index in [9.17, 15) is 4.79 Å². The topological polar surface area (TPSA) is 102 Å². The van der Waals surface area contributed by atoms with Gasteiger partial charge in [0.2, 0.25) is 11.8 Å². The number of fused-ring (bicyclic) bond motifs is 1. The third kappa shape index (κ3) is 5.13. The average Bonchev–Trinajstić information content (AvgIpc) is 3.46. The Morgan fingerprint density at radius 3 is 3.00 bits per heavy atom. The minimum atomic E-state index is -0.113. The van der Waals surface area contributed by atoms with Crippen molar-refractivity contribution in [1.29, 1.82) is 0 Å². The number of rotatable bonds is 10. The largest absolute Gasteiger partial charge is 0.477 e. The summed E-state index contributed by atoms with van der Waals surface area (Å²) < 4.78 is 7.66. The van der Waals surface area contributed by atoms with E-state index in [1.807, 2.05) is 30.1 Å². The van der Waals surface area contributed by atoms with Crippen LogP contribution in [-0.4, -0.2) is 50.5 Å². The van der Waals surface area contributed by atoms with Gasteiger partial charge in [-0.25, -0.2) is 4.98 Å². The Labute approximate surface area is 175 Å². The lowest BCUT2D eigenvalue weighted by molar-refractivity contribution is -0.120. The molecule has 0 unspecified atom stereocenters. The number of nitrogens with zero attached hydrogens (tertiary/aromatic N) is 4. The van der Waals surface area contributed by atoms with Crippen LogP contribution < -0.4 is 10.1 Å². The summed E-state index contributed by atoms with van der Waals surface area (Å²) in [5.41, 5.74) is 3.55. The molecule has 2 N–H and O–H groups in total. The lowest BCUT2D eigenvalue weighted by Gasteiger charge is -2.09. The summed E-state index contributed by atoms with van der Waals surface area (Å²) in [5.74, 6) is 1.29. The van der Waals surface area contributed by atoms with Crippen molar-refractivity contribution in [2.45, 2.75) is 39.2 Å². The molecular weight excluding hydrogens is 382 g/mol. The van der Waals surface area contributed by atoms with Crippen LogP contribution in [-0.2, 0) is 17.8 Å². The Hall–Kier alpha value is -3.00. The van der Waals surface area contributed by atoms with Crippen LogP contribution in [0.25, 0.3) is 10.9 Å². The van der Waals surface area contributed by atoms with Gasteiger partial charge >= 0.3 is 0 Å². The van der Waals surface area contributed by atoms with Gasteiger partial charge in [-0.2, -0.15) is 5.10 Å². The van der Waals surface area contributed by atoms with Gasteiger partial charge < -0.3 is 15.2 Å². The van der Waals surface area contributed by atoms with Gasteiger partial charge in [-0.1, -0.05) is 0 Å². The standard InChI is InChI=1S/C22H27N5O3/c1-15-9-17(11-25-22(15)30-14-16-3-4-16)12-27-13-18-19(26-27)5-7-23-20(18)10-21(29)24-6-2-8-28/h5,7,9,11,13,16,28H,2-4,6,8,10,12,14H2,1H3,(H,24,29). The van der Waals surface area contributed by atoms with Crippen molar-refractivity contribution >= 4 is 16.8 Å². The molecule has 0 radical (unpaired) electrons. The van der Waals surface area contributed by atoms with Crippen LogP contribution in [0.2, 0.25) is 0 Å². The zero-order chi connectivity index (χ0) is 20.9. The van der Waals surface area contributed by atoms with E-state index in [-0.39, 0.29) is 18.9 Å². The van der Waals surface area contributed by atoms with Crippen molar-refractivity contribution in [3.05, 3.63) is 47.5 Å². The fraction of sp³-hybridized carbons (Fsp3) is 0.455. The highest BCUT2D eigenvalue weighted by Crippen LogP contribution is 2.29. The Kier molecular flexibility index (Phi) is 6.23. The van der Waals surface area contributed by atoms with E-state index in [0.29, 0.717) is 37.0 Å². The molecular formula is C22H27N5O3. The van der Waals surface area contributed by atoms with Gasteiger partial charge in [-0.05, 0) is 49.8 Å². The van der Waals surface area contributed by atoms with Crippen molar-refractivity contribution in [2.24, 2.45) is 5.92 Å². The maximum absolute atomic E-state index is 12.1. The van der Waals surface area contributed by atoms with Gasteiger partial charge in [0.25, 0.3) is 0 Å². The van der Waals surface area contributed by atoms with Gasteiger partial charge in [0.1, 0.15) is 0 Å². The molecule has 3 heterocycles. The molecule has 1 aliphatic rings. The van der Waals surface area contributed by atoms with Crippen molar-refractivity contribution in [2.75, 3.05) is 19.8 Å². The predicted molar refractivity (Wildman–Crippen MR) is 112 cm³/mol. The van der Waals surface area contributed by atoms with E-state index in [0.717, 1.165) is 28.6 Å². The first-order valence-electron chi connectivity index (χ1n) is 10.4. The van der Waals surface area contributed by atoms with Crippen molar-refractivity contribution < 1.29 is 14.6 Å². The number of aromatic nitrogens is 4. The first kappa shape index (κ1) is 20.3. The van der Waals surface area contributed by atoms with Crippen LogP contribution in [0.5, 0.6) is 5.88 Å². The van der Waals surface area contributed by atoms with Crippen LogP contribution in [0.4, 0.5) is 0 Å². The minimum absolute atomic E-state index is 0.0584. The third-order valence-electron chi connectivity index (χ3n) is 5.13. The van der Waals surface area contributed by atoms with Crippen LogP contribution in [0, 0.1) is 12.8 Å². The Morgan fingerprint density at radius 1 is 1.37 bits per heavy atom. The molecule has 4 rings (SSSR count). The molecule has 1 amide bonds. The number of ether oxygens (including phenoxy) is 1. The van der Waals surface area contributed by atoms with Crippen molar-refractivity contribution in [3.8, 4) is 5.88 Å². The number of aliphatic hydroxyl groups excluding tert-OH is 1. The third-order valence-corrected chi connectivity index (χ3v) is 5.13. The van der Waals surface area contributed by atoms with Gasteiger partial charge in [0, 0.05) is 42.7 Å². The summed E-state index contributed by atoms with van der Waals surface area (Å²) in [4.78, 5) is 21.0. The quantitative estimate of drug-likeness (QED) is 0.497. The molecule has 0 aromatic carbocycles. The monoisotopic (exact) mass is 409 g/mol. The van der Waals surface area contributed by atoms with E-state index in [1.165, 1.54) is 12.8 Å². The smallest absolute Gasteiger partial charge is 0.226 e. The fourth-order valence-electron chi connectivity index (χ4n) is 3.32. The predicted octanol–water partition coefficient (Wildman–Crippen LogP) is 2.01. The number of nitrogens with one attached hydrogen (secondary N) is 1. The second kappa shape index (κ2) is 9.21. The van der Waals surface area contributed by atoms with Crippen LogP contribution in [0.15, 0.2) is 30.7 Å². The van der Waals surface area contributed by atoms with E-state index in [1.54, 1.807) is 6.20 Å². The maximum Gasteiger partial charge on any atom is 0.226 e. The normalized spacial score (nSPS) is 13.5. The molecule has 8 nitrogen and oxygen atoms in total. The summed E-state index contributed by atoms with van der Waals surface area (Å²) in [6.07, 6.45) is 8.66. The van der Waals surface area contributed by atoms with Gasteiger partial charge in [0.05, 0.1) is 30.8 Å². The van der Waals surface area contributed by atoms with E-state index in [2.05, 4.69) is 26.4 Å². The number of carbonyl (C=O) groups is 1. The minimum Gasteiger partial charge on any atom is -0.477 e. The molecule has 0 saturated heterocycles. The van der Waals surface area contributed by atoms with Crippen molar-refractivity contribution in [3.63, 3.8) is 0 Å². The molecule has 1 aliphatic carbocycles. The molecule has 158 valence electrons. The molecule has 0 atom stereocenters. The number of amides is 1. The molecule has 3 aromatic heterocycles. The highest BCUT2D eigenvalue weighted by atomic mass is 16.5. The first-order valence-corrected chi connectivity index (χ1v) is 10.4. The average molecular weight is 409 g/mol. The maximum atomic E-state index is 12.1. The molecule has 0 spiro atoms. The number of aryl methyl sites for hydroxylation is 1. The van der Waals surface area contributed by atoms with Crippen molar-refractivity contribution in [1.82, 2.24) is 25.1 Å². The Balaban J connectivity index is 1.44. The zero-order valence-corrected chi connectivity index (χ0v) is 17.2. The fourth-order valence-corrected chi connectivity index (χ4v) is 3.32. The van der Waals surface area contributed by atoms with Gasteiger partial charge in [-0.15, -0.1) is 0 Å². The van der Waals surface area contributed by atoms with Crippen LogP contribution in [0.1, 0.15) is 36.1 Å². The van der Waals surface area contributed by atoms with E-state index >= 15 is 0 Å². The summed E-state index contributed by atoms with van der Waals surface area (Å²) in [6.45, 7) is 3.85. The second-order valence-electron chi connectivity index (χ2n) is 7.84. The lowest BCUT2D eigenvalue weighted by atomic mass is 10.2. The van der Waals surface area contributed by atoms with E-state index in [4.69, 9.17) is 9.84 Å². The molecule has 8 heteroatoms. The number of carbonyl (C=O) groups excluding carboxylic acids is 1. The second-order valence-corrected chi connectivity index (χ2v) is 7.84. The molecule has 1 fully saturated rings. The number of aliphatic hydroxyl groups is 1. The molecule has 30 heavy (non-hydrogen) atoms. The number of hydrogen-bond donors (Lipinski definition) is 2. The highest BCUT2D eigenvalue weighted by molar-refractivity contribution is 5.86. The summed E-state index contributed by atoms with van der Waals surface area (Å²) in [7, 11) is 0. The number of pyridine rings is 2. The first-order chi connectivity index (χ1) is 14.6. The highest BCUT2D eigenvalue weighted by Gasteiger charge is 2.22. The number of hydrogen-bond acceptors (Lipinski definition) is 6. The SMILES string of the molecule is Cc1cc(Cn2cc3c(CC(=O)NCCCO)nccc3n2)cnc1OCC1CC1. The Morgan fingerprint density at radius 2 is 2.23 bits per heavy atom. The van der Waals surface area contributed by atoms with Gasteiger partial charge in [0.15, 0.2) is 0 Å². The zero-order valence-electron chi connectivity index (χ0n) is 17.2. The van der Waals surface area contributed by atoms with E-state index < -0.39 is 0 Å². The molecule has 0 bridgehead atoms. The van der Waals surface area contributed by atoms with Gasteiger partial charge in [-0.3, -0.25) is 14.5 Å². The summed E-state index contributed by atoms with van der Waals surface area (Å²) in [5, 5.41) is 17.1. The van der Waals surface area contributed by atoms with Crippen LogP contribution in [0.3, 0.4) is 0 Å². The summed E-state index contributed by atoms with van der Waals surface area (Å²) in [6, 6.07) is 3.92. The molecule has 0 aliphatic heterocycles. The summed E-state index contributed by atoms with van der Waals surface area (Å²) >= 11 is 0. The Bertz CT molecular complexity index is 1030. The lowest BCUT2D eigenvalue weighted by Crippen LogP contribution is -2.26. The molecule has 1 saturated carbocycles. The van der Waals surface area contributed by atoms with Crippen LogP contribution >= 0.6 is 0 Å². The molecule has 3 aromatic rings.